The minimum absolute atomic E-state index is 0.200. The summed E-state index contributed by atoms with van der Waals surface area (Å²) >= 11 is 0. The molecule has 0 aliphatic rings. The van der Waals surface area contributed by atoms with Crippen molar-refractivity contribution in [1.82, 2.24) is 0 Å². The molecule has 0 bridgehead atoms. The summed E-state index contributed by atoms with van der Waals surface area (Å²) < 4.78 is 21.9. The highest BCUT2D eigenvalue weighted by atomic mass is 35.7. The Morgan fingerprint density at radius 1 is 1.33 bits per heavy atom. The standard InChI is InChI=1S/C10H13ClO3S/c1-3-8-5-9(6-15(11,13)14)7(2)4-10(8)12/h4-5,12H,3,6H2,1-2H3. The topological polar surface area (TPSA) is 54.4 Å². The molecule has 0 heterocycles. The van der Waals surface area contributed by atoms with Crippen LogP contribution in [0.25, 0.3) is 0 Å². The maximum Gasteiger partial charge on any atom is 0.236 e. The third-order valence-corrected chi connectivity index (χ3v) is 3.23. The molecule has 0 unspecified atom stereocenters. The molecule has 0 aliphatic heterocycles. The van der Waals surface area contributed by atoms with Gasteiger partial charge in [-0.25, -0.2) is 8.42 Å². The van der Waals surface area contributed by atoms with Gasteiger partial charge in [0.25, 0.3) is 0 Å². The van der Waals surface area contributed by atoms with Gasteiger partial charge in [0.15, 0.2) is 0 Å². The Bertz CT molecular complexity index is 466. The monoisotopic (exact) mass is 248 g/mol. The van der Waals surface area contributed by atoms with E-state index in [9.17, 15) is 13.5 Å². The van der Waals surface area contributed by atoms with Crippen molar-refractivity contribution in [3.8, 4) is 5.75 Å². The molecule has 1 aromatic rings. The predicted octanol–water partition coefficient (Wildman–Crippen LogP) is 2.33. The first kappa shape index (κ1) is 12.3. The Hall–Kier alpha value is -0.740. The van der Waals surface area contributed by atoms with E-state index in [2.05, 4.69) is 0 Å². The molecule has 0 saturated carbocycles. The largest absolute Gasteiger partial charge is 0.508 e. The van der Waals surface area contributed by atoms with Gasteiger partial charge in [-0.2, -0.15) is 0 Å². The summed E-state index contributed by atoms with van der Waals surface area (Å²) in [6, 6.07) is 3.25. The predicted molar refractivity (Wildman–Crippen MR) is 60.7 cm³/mol. The van der Waals surface area contributed by atoms with Crippen molar-refractivity contribution in [1.29, 1.82) is 0 Å². The number of phenolic OH excluding ortho intramolecular Hbond substituents is 1. The molecular weight excluding hydrogens is 236 g/mol. The van der Waals surface area contributed by atoms with Gasteiger partial charge in [0, 0.05) is 10.7 Å². The SMILES string of the molecule is CCc1cc(CS(=O)(=O)Cl)c(C)cc1O. The molecule has 0 atom stereocenters. The Balaban J connectivity index is 3.19. The van der Waals surface area contributed by atoms with Crippen LogP contribution in [0.1, 0.15) is 23.6 Å². The molecule has 0 aromatic heterocycles. The second kappa shape index (κ2) is 4.41. The van der Waals surface area contributed by atoms with Crippen LogP contribution >= 0.6 is 10.7 Å². The van der Waals surface area contributed by atoms with E-state index in [1.807, 2.05) is 6.92 Å². The van der Waals surface area contributed by atoms with Crippen LogP contribution in [0.5, 0.6) is 5.75 Å². The van der Waals surface area contributed by atoms with E-state index in [4.69, 9.17) is 10.7 Å². The van der Waals surface area contributed by atoms with Crippen molar-refractivity contribution in [2.75, 3.05) is 0 Å². The van der Waals surface area contributed by atoms with Gasteiger partial charge < -0.3 is 5.11 Å². The molecular formula is C10H13ClO3S. The Morgan fingerprint density at radius 2 is 1.93 bits per heavy atom. The van der Waals surface area contributed by atoms with Crippen LogP contribution in [0, 0.1) is 6.92 Å². The van der Waals surface area contributed by atoms with Gasteiger partial charge in [0.2, 0.25) is 9.05 Å². The first-order chi connectivity index (χ1) is 6.83. The van der Waals surface area contributed by atoms with Crippen LogP contribution in [0.15, 0.2) is 12.1 Å². The van der Waals surface area contributed by atoms with Crippen molar-refractivity contribution in [2.24, 2.45) is 0 Å². The van der Waals surface area contributed by atoms with Crippen LogP contribution < -0.4 is 0 Å². The van der Waals surface area contributed by atoms with Crippen molar-refractivity contribution in [2.45, 2.75) is 26.0 Å². The number of aryl methyl sites for hydroxylation is 2. The molecule has 0 radical (unpaired) electrons. The molecule has 0 saturated heterocycles. The number of hydrogen-bond donors (Lipinski definition) is 1. The van der Waals surface area contributed by atoms with E-state index < -0.39 is 9.05 Å². The van der Waals surface area contributed by atoms with E-state index >= 15 is 0 Å². The molecule has 0 spiro atoms. The van der Waals surface area contributed by atoms with Gasteiger partial charge in [0.05, 0.1) is 5.75 Å². The van der Waals surface area contributed by atoms with E-state index in [1.165, 1.54) is 0 Å². The van der Waals surface area contributed by atoms with Gasteiger partial charge in [-0.15, -0.1) is 0 Å². The summed E-state index contributed by atoms with van der Waals surface area (Å²) in [6.45, 7) is 3.64. The lowest BCUT2D eigenvalue weighted by Gasteiger charge is -2.08. The lowest BCUT2D eigenvalue weighted by molar-refractivity contribution is 0.468. The van der Waals surface area contributed by atoms with Crippen molar-refractivity contribution >= 4 is 19.7 Å². The molecule has 5 heteroatoms. The highest BCUT2D eigenvalue weighted by molar-refractivity contribution is 8.13. The highest BCUT2D eigenvalue weighted by Gasteiger charge is 2.12. The lowest BCUT2D eigenvalue weighted by atomic mass is 10.0. The van der Waals surface area contributed by atoms with Gasteiger partial charge >= 0.3 is 0 Å². The molecule has 1 aromatic carbocycles. The molecule has 1 N–H and O–H groups in total. The molecule has 0 amide bonds. The number of hydrogen-bond acceptors (Lipinski definition) is 3. The fourth-order valence-electron chi connectivity index (χ4n) is 1.41. The fraction of sp³-hybridized carbons (Fsp3) is 0.400. The second-order valence-corrected chi connectivity index (χ2v) is 6.22. The zero-order valence-corrected chi connectivity index (χ0v) is 10.2. The van der Waals surface area contributed by atoms with Gasteiger partial charge in [-0.05, 0) is 36.1 Å². The molecule has 3 nitrogen and oxygen atoms in total. The fourth-order valence-corrected chi connectivity index (χ4v) is 2.45. The normalized spacial score (nSPS) is 11.7. The smallest absolute Gasteiger partial charge is 0.236 e. The molecule has 1 rings (SSSR count). The summed E-state index contributed by atoms with van der Waals surface area (Å²) in [6.07, 6.45) is 0.654. The van der Waals surface area contributed by atoms with Crippen LogP contribution in [0.4, 0.5) is 0 Å². The highest BCUT2D eigenvalue weighted by Crippen LogP contribution is 2.24. The maximum atomic E-state index is 10.9. The second-order valence-electron chi connectivity index (χ2n) is 3.44. The van der Waals surface area contributed by atoms with E-state index in [0.29, 0.717) is 12.0 Å². The summed E-state index contributed by atoms with van der Waals surface area (Å²) in [5.74, 6) is -0.000984. The Labute approximate surface area is 94.1 Å². The molecule has 84 valence electrons. The van der Waals surface area contributed by atoms with Gasteiger partial charge in [-0.3, -0.25) is 0 Å². The minimum atomic E-state index is -3.55. The van der Waals surface area contributed by atoms with E-state index in [-0.39, 0.29) is 11.5 Å². The van der Waals surface area contributed by atoms with E-state index in [1.54, 1.807) is 19.1 Å². The third kappa shape index (κ3) is 3.39. The average Bonchev–Trinajstić information content (AvgIpc) is 2.07. The Kier molecular flexibility index (Phi) is 3.62. The first-order valence-corrected chi connectivity index (χ1v) is 7.05. The first-order valence-electron chi connectivity index (χ1n) is 4.57. The molecule has 0 fully saturated rings. The number of benzene rings is 1. The van der Waals surface area contributed by atoms with Crippen LogP contribution in [0.3, 0.4) is 0 Å². The Morgan fingerprint density at radius 3 is 2.40 bits per heavy atom. The van der Waals surface area contributed by atoms with Crippen LogP contribution in [-0.4, -0.2) is 13.5 Å². The number of aromatic hydroxyl groups is 1. The molecule has 0 aliphatic carbocycles. The number of rotatable bonds is 3. The zero-order chi connectivity index (χ0) is 11.6. The minimum Gasteiger partial charge on any atom is -0.508 e. The van der Waals surface area contributed by atoms with Crippen molar-refractivity contribution < 1.29 is 13.5 Å². The molecule has 15 heavy (non-hydrogen) atoms. The maximum absolute atomic E-state index is 10.9. The summed E-state index contributed by atoms with van der Waals surface area (Å²) in [5.41, 5.74) is 2.10. The summed E-state index contributed by atoms with van der Waals surface area (Å²) in [4.78, 5) is 0. The van der Waals surface area contributed by atoms with Crippen molar-refractivity contribution in [3.63, 3.8) is 0 Å². The average molecular weight is 249 g/mol. The van der Waals surface area contributed by atoms with Crippen LogP contribution in [0.2, 0.25) is 0 Å². The zero-order valence-electron chi connectivity index (χ0n) is 8.62. The summed E-state index contributed by atoms with van der Waals surface area (Å²) in [5, 5.41) is 9.53. The third-order valence-electron chi connectivity index (χ3n) is 2.25. The van der Waals surface area contributed by atoms with Gasteiger partial charge in [-0.1, -0.05) is 13.0 Å². The number of halogens is 1. The lowest BCUT2D eigenvalue weighted by Crippen LogP contribution is -1.99. The van der Waals surface area contributed by atoms with Crippen molar-refractivity contribution in [3.05, 3.63) is 28.8 Å². The quantitative estimate of drug-likeness (QED) is 0.836. The summed E-state index contributed by atoms with van der Waals surface area (Å²) in [7, 11) is 1.64. The number of phenols is 1. The van der Waals surface area contributed by atoms with Gasteiger partial charge in [0.1, 0.15) is 5.75 Å². The van der Waals surface area contributed by atoms with Crippen LogP contribution in [-0.2, 0) is 21.2 Å². The van der Waals surface area contributed by atoms with E-state index in [0.717, 1.165) is 11.1 Å².